The first kappa shape index (κ1) is 23.8. The predicted octanol–water partition coefficient (Wildman–Crippen LogP) is -4.36. The number of rotatable bonds is 12. The minimum atomic E-state index is -1.53. The van der Waals surface area contributed by atoms with Crippen molar-refractivity contribution < 1.29 is 33.9 Å². The standard InChI is InChI=1S/C14H24N6O7/c1-6(12(24)20-8(14(26)27)4-10(17)22)19-11(23)5-18-13(25)7(15)2-3-9(16)21/h6-8H,2-5,15H2,1H3,(H2,16,21)(H2,17,22)(H,18,25)(H,19,23)(H,20,24)(H,26,27). The van der Waals surface area contributed by atoms with Gasteiger partial charge in [0.15, 0.2) is 0 Å². The molecule has 27 heavy (non-hydrogen) atoms. The molecular formula is C14H24N6O7. The second-order valence-corrected chi connectivity index (χ2v) is 5.69. The molecule has 13 nitrogen and oxygen atoms in total. The van der Waals surface area contributed by atoms with Gasteiger partial charge < -0.3 is 38.3 Å². The number of hydrogen-bond acceptors (Lipinski definition) is 7. The van der Waals surface area contributed by atoms with Crippen LogP contribution in [-0.4, -0.2) is 65.3 Å². The molecule has 0 aliphatic rings. The molecule has 0 bridgehead atoms. The Kier molecular flexibility index (Phi) is 10.0. The molecule has 0 aromatic heterocycles. The van der Waals surface area contributed by atoms with Gasteiger partial charge in [-0.15, -0.1) is 0 Å². The van der Waals surface area contributed by atoms with E-state index in [-0.39, 0.29) is 12.8 Å². The van der Waals surface area contributed by atoms with E-state index in [1.54, 1.807) is 0 Å². The van der Waals surface area contributed by atoms with E-state index in [1.165, 1.54) is 6.92 Å². The van der Waals surface area contributed by atoms with Crippen LogP contribution < -0.4 is 33.2 Å². The lowest BCUT2D eigenvalue weighted by Crippen LogP contribution is -2.53. The van der Waals surface area contributed by atoms with Crippen LogP contribution in [-0.2, 0) is 28.8 Å². The van der Waals surface area contributed by atoms with Gasteiger partial charge in [0, 0.05) is 6.42 Å². The highest BCUT2D eigenvalue weighted by atomic mass is 16.4. The van der Waals surface area contributed by atoms with E-state index in [2.05, 4.69) is 16.0 Å². The molecule has 0 fully saturated rings. The maximum atomic E-state index is 11.9. The quantitative estimate of drug-likeness (QED) is 0.172. The van der Waals surface area contributed by atoms with Gasteiger partial charge in [0.05, 0.1) is 19.0 Å². The number of nitrogens with two attached hydrogens (primary N) is 3. The van der Waals surface area contributed by atoms with E-state index in [0.717, 1.165) is 0 Å². The number of aliphatic carboxylic acids is 1. The minimum Gasteiger partial charge on any atom is -0.480 e. The number of carboxylic acids is 1. The predicted molar refractivity (Wildman–Crippen MR) is 90.4 cm³/mol. The van der Waals surface area contributed by atoms with Gasteiger partial charge in [-0.25, -0.2) is 4.79 Å². The molecule has 0 radical (unpaired) electrons. The zero-order valence-corrected chi connectivity index (χ0v) is 14.7. The molecule has 3 atom stereocenters. The van der Waals surface area contributed by atoms with Crippen molar-refractivity contribution in [3.63, 3.8) is 0 Å². The fourth-order valence-corrected chi connectivity index (χ4v) is 1.78. The Hall–Kier alpha value is -3.22. The van der Waals surface area contributed by atoms with E-state index in [0.29, 0.717) is 0 Å². The minimum absolute atomic E-state index is 0.0119. The Labute approximate surface area is 154 Å². The van der Waals surface area contributed by atoms with Crippen LogP contribution in [0.2, 0.25) is 0 Å². The highest BCUT2D eigenvalue weighted by molar-refractivity contribution is 5.93. The molecule has 5 amide bonds. The first-order valence-corrected chi connectivity index (χ1v) is 7.86. The molecule has 13 heteroatoms. The van der Waals surface area contributed by atoms with Crippen LogP contribution in [0.5, 0.6) is 0 Å². The average Bonchev–Trinajstić information content (AvgIpc) is 2.55. The summed E-state index contributed by atoms with van der Waals surface area (Å²) in [6, 6.07) is -3.71. The number of carbonyl (C=O) groups is 6. The molecule has 0 aliphatic carbocycles. The Bertz CT molecular complexity index is 609. The van der Waals surface area contributed by atoms with Crippen molar-refractivity contribution in [2.24, 2.45) is 17.2 Å². The molecule has 0 saturated carbocycles. The van der Waals surface area contributed by atoms with Crippen molar-refractivity contribution in [2.45, 2.75) is 44.3 Å². The van der Waals surface area contributed by atoms with Gasteiger partial charge in [0.1, 0.15) is 12.1 Å². The molecule has 0 aromatic carbocycles. The number of carbonyl (C=O) groups excluding carboxylic acids is 5. The third-order valence-electron chi connectivity index (χ3n) is 3.25. The van der Waals surface area contributed by atoms with Crippen molar-refractivity contribution in [3.8, 4) is 0 Å². The second kappa shape index (κ2) is 11.4. The van der Waals surface area contributed by atoms with Gasteiger partial charge in [-0.05, 0) is 13.3 Å². The Morgan fingerprint density at radius 2 is 1.56 bits per heavy atom. The molecule has 0 spiro atoms. The summed E-state index contributed by atoms with van der Waals surface area (Å²) in [5, 5.41) is 15.4. The van der Waals surface area contributed by atoms with Crippen molar-refractivity contribution in [1.29, 1.82) is 0 Å². The summed E-state index contributed by atoms with van der Waals surface area (Å²) in [6.07, 6.45) is -0.687. The SMILES string of the molecule is CC(NC(=O)CNC(=O)C(N)CCC(N)=O)C(=O)NC(CC(N)=O)C(=O)O. The van der Waals surface area contributed by atoms with Gasteiger partial charge in [-0.2, -0.15) is 0 Å². The Balaban J connectivity index is 4.41. The average molecular weight is 388 g/mol. The van der Waals surface area contributed by atoms with Gasteiger partial charge in [0.2, 0.25) is 29.5 Å². The lowest BCUT2D eigenvalue weighted by Gasteiger charge is -2.18. The van der Waals surface area contributed by atoms with Crippen molar-refractivity contribution >= 4 is 35.5 Å². The van der Waals surface area contributed by atoms with Crippen LogP contribution >= 0.6 is 0 Å². The van der Waals surface area contributed by atoms with Crippen LogP contribution in [0.4, 0.5) is 0 Å². The summed E-state index contributed by atoms with van der Waals surface area (Å²) in [7, 11) is 0. The second-order valence-electron chi connectivity index (χ2n) is 5.69. The maximum Gasteiger partial charge on any atom is 0.326 e. The Morgan fingerprint density at radius 3 is 2.04 bits per heavy atom. The van der Waals surface area contributed by atoms with Gasteiger partial charge in [-0.3, -0.25) is 24.0 Å². The smallest absolute Gasteiger partial charge is 0.326 e. The van der Waals surface area contributed by atoms with Crippen LogP contribution in [0.15, 0.2) is 0 Å². The maximum absolute atomic E-state index is 11.9. The first-order chi connectivity index (χ1) is 12.4. The number of primary amides is 2. The highest BCUT2D eigenvalue weighted by Crippen LogP contribution is 1.95. The van der Waals surface area contributed by atoms with E-state index < -0.39 is 66.6 Å². The molecule has 3 unspecified atom stereocenters. The van der Waals surface area contributed by atoms with E-state index in [9.17, 15) is 28.8 Å². The molecule has 10 N–H and O–H groups in total. The van der Waals surface area contributed by atoms with Crippen molar-refractivity contribution in [1.82, 2.24) is 16.0 Å². The topological polar surface area (TPSA) is 237 Å². The fraction of sp³-hybridized carbons (Fsp3) is 0.571. The largest absolute Gasteiger partial charge is 0.480 e. The molecule has 0 saturated heterocycles. The van der Waals surface area contributed by atoms with Gasteiger partial charge in [0.25, 0.3) is 0 Å². The fourth-order valence-electron chi connectivity index (χ4n) is 1.78. The van der Waals surface area contributed by atoms with Crippen LogP contribution in [0.3, 0.4) is 0 Å². The Morgan fingerprint density at radius 1 is 0.963 bits per heavy atom. The lowest BCUT2D eigenvalue weighted by atomic mass is 10.1. The summed E-state index contributed by atoms with van der Waals surface area (Å²) in [4.78, 5) is 67.6. The lowest BCUT2D eigenvalue weighted by molar-refractivity contribution is -0.143. The monoisotopic (exact) mass is 388 g/mol. The number of nitrogens with one attached hydrogen (secondary N) is 3. The molecule has 152 valence electrons. The first-order valence-electron chi connectivity index (χ1n) is 7.86. The third kappa shape index (κ3) is 10.4. The molecule has 0 aliphatic heterocycles. The van der Waals surface area contributed by atoms with Crippen LogP contribution in [0, 0.1) is 0 Å². The van der Waals surface area contributed by atoms with Gasteiger partial charge in [-0.1, -0.05) is 0 Å². The summed E-state index contributed by atoms with van der Waals surface area (Å²) < 4.78 is 0. The van der Waals surface area contributed by atoms with Crippen molar-refractivity contribution in [2.75, 3.05) is 6.54 Å². The molecular weight excluding hydrogens is 364 g/mol. The number of carboxylic acid groups (broad SMARTS) is 1. The van der Waals surface area contributed by atoms with Crippen molar-refractivity contribution in [3.05, 3.63) is 0 Å². The summed E-state index contributed by atoms with van der Waals surface area (Å²) in [6.45, 7) is 0.779. The number of amides is 5. The van der Waals surface area contributed by atoms with E-state index in [4.69, 9.17) is 22.3 Å². The summed E-state index contributed by atoms with van der Waals surface area (Å²) >= 11 is 0. The number of hydrogen-bond donors (Lipinski definition) is 7. The van der Waals surface area contributed by atoms with Crippen LogP contribution in [0.25, 0.3) is 0 Å². The zero-order chi connectivity index (χ0) is 21.1. The normalized spacial score (nSPS) is 13.6. The van der Waals surface area contributed by atoms with Gasteiger partial charge >= 0.3 is 5.97 Å². The van der Waals surface area contributed by atoms with E-state index in [1.807, 2.05) is 0 Å². The van der Waals surface area contributed by atoms with E-state index >= 15 is 0 Å². The highest BCUT2D eigenvalue weighted by Gasteiger charge is 2.25. The molecule has 0 aromatic rings. The summed E-state index contributed by atoms with van der Waals surface area (Å²) in [5.74, 6) is -5.29. The third-order valence-corrected chi connectivity index (χ3v) is 3.25. The summed E-state index contributed by atoms with van der Waals surface area (Å²) in [5.41, 5.74) is 15.3. The molecule has 0 rings (SSSR count). The molecule has 0 heterocycles. The zero-order valence-electron chi connectivity index (χ0n) is 14.7. The van der Waals surface area contributed by atoms with Crippen LogP contribution in [0.1, 0.15) is 26.2 Å².